The van der Waals surface area contributed by atoms with Crippen LogP contribution in [-0.4, -0.2) is 124 Å². The summed E-state index contributed by atoms with van der Waals surface area (Å²) in [5, 5.41) is 110. The zero-order valence-corrected chi connectivity index (χ0v) is 50.4. The molecule has 0 amide bonds. The zero-order chi connectivity index (χ0) is 57.6. The Balaban J connectivity index is 0.957. The fourth-order valence-corrected chi connectivity index (χ4v) is 32.6. The van der Waals surface area contributed by atoms with Gasteiger partial charge in [-0.3, -0.25) is 19.6 Å². The Morgan fingerprint density at radius 1 is 0.226 bits per heavy atom. The first-order valence-corrected chi connectivity index (χ1v) is 36.5. The standard InChI is InChI=1S/C84H48N4O5/c89-17-21-1-9-85(10-2-21)79-65-55-45-35-30-25-26-28-29-27(25)32-38-36(30)46(45)56-58-48(38)50-40(32)42-34(29)44-43-33(28)41-39-31(26)37(35)47-49(39)59-61-51(41)53(43)63-64-54(44)52(42)62-60(50)70-68(58)80(66(56)65,86-11-3-22(18-90)4-12-86)76-75(79)77-81(69(59)67(79)57(47)55,87-13-5-23(19-91)6-14-87)71(61)73(63)83-74(64)72(62)82(70,78(76)84(77,83)93-83)88-15-7-24(20-92)8-16-88/h21-24,89-92H,1-20H2/t79-,80+,81-,82+,83?,84?. The molecule has 9 nitrogen and oxygen atoms in total. The van der Waals surface area contributed by atoms with Crippen molar-refractivity contribution in [1.29, 1.82) is 0 Å². The molecule has 0 bridgehead atoms. The molecule has 37 rings (SSSR count). The Morgan fingerprint density at radius 2 is 0.398 bits per heavy atom. The first-order chi connectivity index (χ1) is 46.1. The molecule has 2 unspecified atom stereocenters. The fraction of sp³-hybridized carbons (Fsp3) is 0.357. The van der Waals surface area contributed by atoms with Crippen LogP contribution in [0.3, 0.4) is 0 Å². The van der Waals surface area contributed by atoms with Gasteiger partial charge >= 0.3 is 0 Å². The van der Waals surface area contributed by atoms with Crippen LogP contribution in [0.15, 0.2) is 22.3 Å². The van der Waals surface area contributed by atoms with Gasteiger partial charge in [0.05, 0.1) is 22.2 Å². The number of likely N-dealkylation sites (tertiary alicyclic amines) is 4. The first kappa shape index (κ1) is 42.1. The SMILES string of the molecule is OCC1CCN([C@@]23C4=C5C6=C7C48OC84c8c2c2c9c3c3c%10c%11c(c%12c%13c%14c(c%15c%16c%17c(c4c4c8c8c2c2c%18c9c%10c9c%10c%11c%13c%11c%13c%14c%16c%14c%16c%17c4c4c8c2c2c(c4%16)c(c%14%13)c(c%10%11)c2c%189)[C@]7%15N2CCC(CO)CC2)[C@]6%12N2CCC(CO)CC2)[C@]53N2CCC(CO)CC2)CC1. The summed E-state index contributed by atoms with van der Waals surface area (Å²) < 4.78 is 9.36. The van der Waals surface area contributed by atoms with E-state index in [4.69, 9.17) is 0 Å². The van der Waals surface area contributed by atoms with Gasteiger partial charge in [0.1, 0.15) is 0 Å². The maximum Gasteiger partial charge on any atom is 0.159 e. The molecule has 0 radical (unpaired) electrons. The number of piperidine rings is 4. The van der Waals surface area contributed by atoms with E-state index < -0.39 is 33.4 Å². The number of ether oxygens (including phenoxy) is 1. The number of aliphatic hydroxyl groups is 4. The Morgan fingerprint density at radius 3 is 0.613 bits per heavy atom. The Bertz CT molecular complexity index is 7210. The van der Waals surface area contributed by atoms with Gasteiger partial charge in [-0.1, -0.05) is 0 Å². The quantitative estimate of drug-likeness (QED) is 0.0874. The van der Waals surface area contributed by atoms with Crippen molar-refractivity contribution in [2.45, 2.75) is 84.7 Å². The van der Waals surface area contributed by atoms with Crippen molar-refractivity contribution in [2.24, 2.45) is 23.7 Å². The van der Waals surface area contributed by atoms with Crippen LogP contribution < -0.4 is 0 Å². The molecule has 5 heterocycles. The molecule has 2 spiro atoms. The van der Waals surface area contributed by atoms with Crippen LogP contribution in [-0.2, 0) is 32.5 Å². The van der Waals surface area contributed by atoms with Gasteiger partial charge in [-0.15, -0.1) is 0 Å². The summed E-state index contributed by atoms with van der Waals surface area (Å²) in [6.45, 7) is 8.42. The minimum absolute atomic E-state index is 0.243. The molecule has 434 valence electrons. The Labute approximate surface area is 522 Å². The van der Waals surface area contributed by atoms with Crippen LogP contribution in [0.4, 0.5) is 0 Å². The third-order valence-corrected chi connectivity index (χ3v) is 34.1. The van der Waals surface area contributed by atoms with Gasteiger partial charge in [0.15, 0.2) is 11.2 Å². The molecular weight excluding hydrogens is 1140 g/mol. The van der Waals surface area contributed by atoms with Crippen molar-refractivity contribution < 1.29 is 25.2 Å². The molecule has 16 aliphatic rings. The molecule has 9 heteroatoms. The minimum atomic E-state index is -0.803. The predicted octanol–water partition coefficient (Wildman–Crippen LogP) is 13.7. The summed E-state index contributed by atoms with van der Waals surface area (Å²) in [5.74, 6) is 1.07. The highest BCUT2D eigenvalue weighted by molar-refractivity contribution is 6.77. The van der Waals surface area contributed by atoms with E-state index in [1.165, 1.54) is 0 Å². The van der Waals surface area contributed by atoms with Gasteiger partial charge in [0.2, 0.25) is 0 Å². The van der Waals surface area contributed by atoms with Crippen LogP contribution in [0, 0.1) is 23.7 Å². The van der Waals surface area contributed by atoms with Crippen LogP contribution in [0.1, 0.15) is 107 Å². The lowest BCUT2D eigenvalue weighted by Gasteiger charge is -2.63. The topological polar surface area (TPSA) is 106 Å². The van der Waals surface area contributed by atoms with E-state index in [0.717, 1.165) is 104 Å². The maximum atomic E-state index is 11.4. The summed E-state index contributed by atoms with van der Waals surface area (Å²) in [7, 11) is 0. The van der Waals surface area contributed by atoms with E-state index in [0.29, 0.717) is 0 Å². The van der Waals surface area contributed by atoms with E-state index in [2.05, 4.69) is 19.6 Å². The predicted molar refractivity (Wildman–Crippen MR) is 365 cm³/mol. The Hall–Kier alpha value is -7.38. The van der Waals surface area contributed by atoms with Crippen LogP contribution in [0.25, 0.3) is 215 Å². The van der Waals surface area contributed by atoms with E-state index in [-0.39, 0.29) is 50.1 Å². The number of hydrogen-bond donors (Lipinski definition) is 4. The molecule has 6 atom stereocenters. The number of rotatable bonds is 8. The molecule has 11 aliphatic carbocycles. The average molecular weight is 1190 g/mol. The van der Waals surface area contributed by atoms with Crippen molar-refractivity contribution in [1.82, 2.24) is 19.6 Å². The van der Waals surface area contributed by atoms with Gasteiger partial charge < -0.3 is 25.2 Å². The van der Waals surface area contributed by atoms with Crippen molar-refractivity contribution in [3.05, 3.63) is 77.9 Å². The van der Waals surface area contributed by atoms with Gasteiger partial charge in [0, 0.05) is 48.7 Å². The molecular formula is C84H48N4O5. The molecule has 0 saturated carbocycles. The van der Waals surface area contributed by atoms with Gasteiger partial charge in [0.25, 0.3) is 0 Å². The largest absolute Gasteiger partial charge is 0.396 e. The van der Waals surface area contributed by atoms with Crippen LogP contribution in [0.5, 0.6) is 0 Å². The fourth-order valence-electron chi connectivity index (χ4n) is 32.6. The number of epoxide rings is 1. The summed E-state index contributed by atoms with van der Waals surface area (Å²) in [6.07, 6.45) is 7.83. The normalized spacial score (nSPS) is 33.3. The highest BCUT2D eigenvalue weighted by Crippen LogP contribution is 2.96. The maximum absolute atomic E-state index is 11.4. The summed E-state index contributed by atoms with van der Waals surface area (Å²) in [6, 6.07) is 0. The van der Waals surface area contributed by atoms with Crippen molar-refractivity contribution in [3.8, 4) is 0 Å². The summed E-state index contributed by atoms with van der Waals surface area (Å²) in [4.78, 5) is 12.7. The second-order valence-corrected chi connectivity index (χ2v) is 35.0. The smallest absolute Gasteiger partial charge is 0.159 e. The zero-order valence-electron chi connectivity index (χ0n) is 50.4. The van der Waals surface area contributed by atoms with Crippen molar-refractivity contribution in [3.63, 3.8) is 0 Å². The second-order valence-electron chi connectivity index (χ2n) is 35.0. The summed E-state index contributed by atoms with van der Waals surface area (Å²) in [5.41, 5.74) is 19.0. The van der Waals surface area contributed by atoms with Gasteiger partial charge in [-0.05, 0) is 398 Å². The molecule has 21 aromatic carbocycles. The van der Waals surface area contributed by atoms with Gasteiger partial charge in [-0.2, -0.15) is 0 Å². The van der Waals surface area contributed by atoms with E-state index in [9.17, 15) is 25.2 Å². The van der Waals surface area contributed by atoms with Crippen LogP contribution in [0.2, 0.25) is 0 Å². The summed E-state index contributed by atoms with van der Waals surface area (Å²) >= 11 is 0. The lowest BCUT2D eigenvalue weighted by Crippen LogP contribution is -2.65. The van der Waals surface area contributed by atoms with Crippen molar-refractivity contribution in [2.75, 3.05) is 78.8 Å². The lowest BCUT2D eigenvalue weighted by molar-refractivity contribution is 0.0396. The van der Waals surface area contributed by atoms with Gasteiger partial charge in [-0.25, -0.2) is 0 Å². The highest BCUT2D eigenvalue weighted by Gasteiger charge is 2.95. The monoisotopic (exact) mass is 1190 g/mol. The molecule has 21 aromatic rings. The molecule has 5 aliphatic heterocycles. The second kappa shape index (κ2) is 10.7. The number of aliphatic hydroxyl groups excluding tert-OH is 4. The van der Waals surface area contributed by atoms with Crippen LogP contribution >= 0.6 is 0 Å². The number of nitrogens with zero attached hydrogens (tertiary/aromatic N) is 4. The number of benzene rings is 15. The van der Waals surface area contributed by atoms with E-state index >= 15 is 0 Å². The van der Waals surface area contributed by atoms with E-state index in [1.54, 1.807) is 293 Å². The van der Waals surface area contributed by atoms with E-state index in [1.807, 2.05) is 0 Å². The molecule has 5 saturated heterocycles. The minimum Gasteiger partial charge on any atom is -0.396 e. The molecule has 0 aromatic heterocycles. The lowest BCUT2D eigenvalue weighted by atomic mass is 9.51. The molecule has 93 heavy (non-hydrogen) atoms. The highest BCUT2D eigenvalue weighted by atomic mass is 16.6. The molecule has 4 N–H and O–H groups in total. The van der Waals surface area contributed by atoms with Crippen molar-refractivity contribution >= 4 is 215 Å². The third kappa shape index (κ3) is 2.66. The average Bonchev–Trinajstić information content (AvgIpc) is 1.36. The third-order valence-electron chi connectivity index (χ3n) is 34.1. The molecule has 5 fully saturated rings. The first-order valence-electron chi connectivity index (χ1n) is 36.5. The Kier molecular flexibility index (Phi) is 4.83. The number of hydrogen-bond acceptors (Lipinski definition) is 9.